The van der Waals surface area contributed by atoms with Gasteiger partial charge in [-0.2, -0.15) is 0 Å². The molecule has 0 aromatic heterocycles. The molecule has 0 spiro atoms. The number of aryl methyl sites for hydroxylation is 3. The van der Waals surface area contributed by atoms with Gasteiger partial charge in [-0.3, -0.25) is 4.79 Å². The van der Waals surface area contributed by atoms with Crippen LogP contribution in [0.4, 0.5) is 0 Å². The number of ketones is 1. The highest BCUT2D eigenvalue weighted by Crippen LogP contribution is 2.24. The number of benzene rings is 1. The Kier molecular flexibility index (Phi) is 4.05. The molecule has 0 N–H and O–H groups in total. The van der Waals surface area contributed by atoms with Gasteiger partial charge >= 0.3 is 0 Å². The largest absolute Gasteiger partial charge is 0.295 e. The first kappa shape index (κ1) is 12.7. The molecule has 1 nitrogen and oxygen atoms in total. The Bertz CT molecular complexity index is 416. The quantitative estimate of drug-likeness (QED) is 0.698. The molecule has 0 fully saturated rings. The Morgan fingerprint density at radius 3 is 2.12 bits per heavy atom. The standard InChI is InChI=1S/C15H20O/c1-6-14(16)9-13(5)15-11(3)7-10(2)8-12(15)4/h7-9H,6H2,1-5H3/b13-9-. The Balaban J connectivity index is 3.23. The van der Waals surface area contributed by atoms with Crippen molar-refractivity contribution in [2.75, 3.05) is 0 Å². The minimum Gasteiger partial charge on any atom is -0.295 e. The lowest BCUT2D eigenvalue weighted by Gasteiger charge is -2.11. The summed E-state index contributed by atoms with van der Waals surface area (Å²) in [5, 5.41) is 0. The summed E-state index contributed by atoms with van der Waals surface area (Å²) < 4.78 is 0. The van der Waals surface area contributed by atoms with Crippen molar-refractivity contribution in [3.05, 3.63) is 40.5 Å². The molecule has 0 saturated carbocycles. The van der Waals surface area contributed by atoms with Crippen LogP contribution in [0.25, 0.3) is 5.57 Å². The van der Waals surface area contributed by atoms with Crippen LogP contribution in [0.3, 0.4) is 0 Å². The molecule has 0 unspecified atom stereocenters. The maximum atomic E-state index is 11.4. The van der Waals surface area contributed by atoms with Crippen molar-refractivity contribution in [1.29, 1.82) is 0 Å². The molecule has 0 atom stereocenters. The Morgan fingerprint density at radius 2 is 1.69 bits per heavy atom. The van der Waals surface area contributed by atoms with Crippen molar-refractivity contribution in [3.63, 3.8) is 0 Å². The predicted octanol–water partition coefficient (Wildman–Crippen LogP) is 3.99. The fourth-order valence-corrected chi connectivity index (χ4v) is 2.22. The molecule has 1 aromatic rings. The molecule has 1 rings (SSSR count). The number of hydrogen-bond donors (Lipinski definition) is 0. The molecule has 1 aromatic carbocycles. The summed E-state index contributed by atoms with van der Waals surface area (Å²) in [7, 11) is 0. The minimum absolute atomic E-state index is 0.192. The molecule has 0 saturated heterocycles. The van der Waals surface area contributed by atoms with Gasteiger partial charge in [0.1, 0.15) is 0 Å². The second-order valence-electron chi connectivity index (χ2n) is 4.42. The van der Waals surface area contributed by atoms with Gasteiger partial charge in [-0.25, -0.2) is 0 Å². The second kappa shape index (κ2) is 5.11. The molecule has 1 heteroatoms. The number of hydrogen-bond acceptors (Lipinski definition) is 1. The van der Waals surface area contributed by atoms with Gasteiger partial charge in [-0.05, 0) is 56.0 Å². The molecule has 16 heavy (non-hydrogen) atoms. The SMILES string of the molecule is CCC(=O)/C=C(/C)c1c(C)cc(C)cc1C. The van der Waals surface area contributed by atoms with Crippen molar-refractivity contribution < 1.29 is 4.79 Å². The summed E-state index contributed by atoms with van der Waals surface area (Å²) in [5.74, 6) is 0.192. The number of rotatable bonds is 3. The average Bonchev–Trinajstić information content (AvgIpc) is 2.15. The van der Waals surface area contributed by atoms with Crippen LogP contribution in [0.2, 0.25) is 0 Å². The zero-order valence-corrected chi connectivity index (χ0v) is 10.8. The summed E-state index contributed by atoms with van der Waals surface area (Å²) in [6, 6.07) is 4.33. The lowest BCUT2D eigenvalue weighted by molar-refractivity contribution is -0.114. The highest BCUT2D eigenvalue weighted by Gasteiger charge is 2.06. The summed E-state index contributed by atoms with van der Waals surface area (Å²) in [6.45, 7) is 10.2. The van der Waals surface area contributed by atoms with Crippen LogP contribution in [-0.4, -0.2) is 5.78 Å². The normalized spacial score (nSPS) is 11.7. The van der Waals surface area contributed by atoms with Gasteiger partial charge in [-0.1, -0.05) is 24.6 Å². The van der Waals surface area contributed by atoms with Gasteiger partial charge in [0.25, 0.3) is 0 Å². The predicted molar refractivity (Wildman–Crippen MR) is 69.6 cm³/mol. The van der Waals surface area contributed by atoms with E-state index in [1.54, 1.807) is 6.08 Å². The van der Waals surface area contributed by atoms with Gasteiger partial charge in [0, 0.05) is 6.42 Å². The Hall–Kier alpha value is -1.37. The number of allylic oxidation sites excluding steroid dienone is 2. The lowest BCUT2D eigenvalue weighted by Crippen LogP contribution is -1.96. The minimum atomic E-state index is 0.192. The molecule has 0 amide bonds. The molecule has 0 aliphatic heterocycles. The van der Waals surface area contributed by atoms with Gasteiger partial charge in [0.15, 0.2) is 5.78 Å². The van der Waals surface area contributed by atoms with Gasteiger partial charge in [0.2, 0.25) is 0 Å². The maximum absolute atomic E-state index is 11.4. The van der Waals surface area contributed by atoms with Crippen LogP contribution >= 0.6 is 0 Å². The molecule has 86 valence electrons. The summed E-state index contributed by atoms with van der Waals surface area (Å²) >= 11 is 0. The first-order valence-electron chi connectivity index (χ1n) is 5.75. The van der Waals surface area contributed by atoms with Crippen LogP contribution in [0, 0.1) is 20.8 Å². The molecular formula is C15H20O. The number of carbonyl (C=O) groups excluding carboxylic acids is 1. The smallest absolute Gasteiger partial charge is 0.155 e. The van der Waals surface area contributed by atoms with E-state index < -0.39 is 0 Å². The molecule has 0 bridgehead atoms. The molecular weight excluding hydrogens is 196 g/mol. The van der Waals surface area contributed by atoms with E-state index in [2.05, 4.69) is 32.9 Å². The molecule has 0 aliphatic carbocycles. The molecule has 0 radical (unpaired) electrons. The zero-order chi connectivity index (χ0) is 12.3. The van der Waals surface area contributed by atoms with Crippen molar-refractivity contribution in [2.45, 2.75) is 41.0 Å². The van der Waals surface area contributed by atoms with Crippen LogP contribution in [-0.2, 0) is 4.79 Å². The van der Waals surface area contributed by atoms with Crippen molar-refractivity contribution in [1.82, 2.24) is 0 Å². The van der Waals surface area contributed by atoms with E-state index in [1.165, 1.54) is 22.3 Å². The zero-order valence-electron chi connectivity index (χ0n) is 10.8. The summed E-state index contributed by atoms with van der Waals surface area (Å²) in [5.41, 5.74) is 6.05. The first-order chi connectivity index (χ1) is 7.45. The maximum Gasteiger partial charge on any atom is 0.155 e. The van der Waals surface area contributed by atoms with Gasteiger partial charge in [-0.15, -0.1) is 0 Å². The Labute approximate surface area is 98.2 Å². The van der Waals surface area contributed by atoms with Crippen LogP contribution in [0.1, 0.15) is 42.5 Å². The van der Waals surface area contributed by atoms with Crippen molar-refractivity contribution in [2.24, 2.45) is 0 Å². The summed E-state index contributed by atoms with van der Waals surface area (Å²) in [4.78, 5) is 11.4. The first-order valence-corrected chi connectivity index (χ1v) is 5.75. The third-order valence-corrected chi connectivity index (χ3v) is 2.80. The van der Waals surface area contributed by atoms with Gasteiger partial charge < -0.3 is 0 Å². The monoisotopic (exact) mass is 216 g/mol. The highest BCUT2D eigenvalue weighted by atomic mass is 16.1. The van der Waals surface area contributed by atoms with E-state index in [0.29, 0.717) is 6.42 Å². The van der Waals surface area contributed by atoms with E-state index in [9.17, 15) is 4.79 Å². The fraction of sp³-hybridized carbons (Fsp3) is 0.400. The average molecular weight is 216 g/mol. The van der Waals surface area contributed by atoms with E-state index in [1.807, 2.05) is 13.8 Å². The number of carbonyl (C=O) groups is 1. The van der Waals surface area contributed by atoms with Crippen molar-refractivity contribution >= 4 is 11.4 Å². The third-order valence-electron chi connectivity index (χ3n) is 2.80. The van der Waals surface area contributed by atoms with Crippen LogP contribution < -0.4 is 0 Å². The van der Waals surface area contributed by atoms with E-state index >= 15 is 0 Å². The summed E-state index contributed by atoms with van der Waals surface area (Å²) in [6.07, 6.45) is 2.33. The lowest BCUT2D eigenvalue weighted by atomic mass is 9.94. The van der Waals surface area contributed by atoms with E-state index in [4.69, 9.17) is 0 Å². The fourth-order valence-electron chi connectivity index (χ4n) is 2.22. The van der Waals surface area contributed by atoms with E-state index in [-0.39, 0.29) is 5.78 Å². The highest BCUT2D eigenvalue weighted by molar-refractivity contribution is 5.96. The molecule has 0 heterocycles. The Morgan fingerprint density at radius 1 is 1.19 bits per heavy atom. The third kappa shape index (κ3) is 2.82. The topological polar surface area (TPSA) is 17.1 Å². The van der Waals surface area contributed by atoms with E-state index in [0.717, 1.165) is 5.57 Å². The van der Waals surface area contributed by atoms with Gasteiger partial charge in [0.05, 0.1) is 0 Å². The van der Waals surface area contributed by atoms with Crippen molar-refractivity contribution in [3.8, 4) is 0 Å². The molecule has 0 aliphatic rings. The van der Waals surface area contributed by atoms with Crippen LogP contribution in [0.5, 0.6) is 0 Å². The second-order valence-corrected chi connectivity index (χ2v) is 4.42. The van der Waals surface area contributed by atoms with Crippen LogP contribution in [0.15, 0.2) is 18.2 Å².